The van der Waals surface area contributed by atoms with Gasteiger partial charge in [-0.05, 0) is 19.0 Å². The number of aromatic nitrogens is 2. The van der Waals surface area contributed by atoms with Crippen molar-refractivity contribution in [1.82, 2.24) is 14.9 Å². The molecule has 0 bridgehead atoms. The third-order valence-corrected chi connectivity index (χ3v) is 2.88. The van der Waals surface area contributed by atoms with Crippen LogP contribution in [0.3, 0.4) is 0 Å². The van der Waals surface area contributed by atoms with E-state index in [-0.39, 0.29) is 5.69 Å². The summed E-state index contributed by atoms with van der Waals surface area (Å²) in [6.45, 7) is 5.02. The van der Waals surface area contributed by atoms with Gasteiger partial charge in [-0.2, -0.15) is 0 Å². The van der Waals surface area contributed by atoms with E-state index in [4.69, 9.17) is 0 Å². The summed E-state index contributed by atoms with van der Waals surface area (Å²) < 4.78 is 1.65. The smallest absolute Gasteiger partial charge is 0.315 e. The second kappa shape index (κ2) is 5.66. The van der Waals surface area contributed by atoms with Crippen LogP contribution in [0, 0.1) is 5.92 Å². The Kier molecular flexibility index (Phi) is 4.49. The van der Waals surface area contributed by atoms with Gasteiger partial charge in [0.05, 0.1) is 0 Å². The van der Waals surface area contributed by atoms with Gasteiger partial charge in [-0.3, -0.25) is 4.57 Å². The van der Waals surface area contributed by atoms with E-state index in [2.05, 4.69) is 24.1 Å². The maximum Gasteiger partial charge on any atom is 0.347 e. The van der Waals surface area contributed by atoms with E-state index in [0.717, 1.165) is 6.42 Å². The first-order valence-electron chi connectivity index (χ1n) is 5.37. The molecule has 0 spiro atoms. The molecule has 2 unspecified atom stereocenters. The molecule has 1 aromatic rings. The van der Waals surface area contributed by atoms with Gasteiger partial charge in [0.25, 0.3) is 0 Å². The van der Waals surface area contributed by atoms with Crippen LogP contribution >= 0.6 is 0 Å². The summed E-state index contributed by atoms with van der Waals surface area (Å²) in [7, 11) is 1.93. The summed E-state index contributed by atoms with van der Waals surface area (Å²) in [5, 5.41) is 3.24. The normalized spacial score (nSPS) is 14.9. The molecule has 0 saturated carbocycles. The first-order valence-corrected chi connectivity index (χ1v) is 5.37. The second-order valence-corrected chi connectivity index (χ2v) is 3.84. The van der Waals surface area contributed by atoms with Crippen LogP contribution in [0.4, 0.5) is 0 Å². The first kappa shape index (κ1) is 11.9. The molecule has 0 fully saturated rings. The van der Waals surface area contributed by atoms with Gasteiger partial charge >= 0.3 is 5.69 Å². The monoisotopic (exact) mass is 209 g/mol. The van der Waals surface area contributed by atoms with E-state index in [0.29, 0.717) is 18.5 Å². The fourth-order valence-electron chi connectivity index (χ4n) is 1.58. The van der Waals surface area contributed by atoms with Crippen LogP contribution in [0.25, 0.3) is 0 Å². The van der Waals surface area contributed by atoms with Gasteiger partial charge in [-0.1, -0.05) is 20.3 Å². The highest BCUT2D eigenvalue weighted by Gasteiger charge is 2.14. The number of likely N-dealkylation sites (N-methyl/N-ethyl adjacent to an activating group) is 1. The molecule has 1 rings (SSSR count). The Bertz CT molecular complexity index is 348. The van der Waals surface area contributed by atoms with E-state index in [1.165, 1.54) is 6.20 Å². The third kappa shape index (κ3) is 3.16. The molecule has 2 atom stereocenters. The summed E-state index contributed by atoms with van der Waals surface area (Å²) in [5.41, 5.74) is -0.180. The van der Waals surface area contributed by atoms with Crippen molar-refractivity contribution in [2.24, 2.45) is 5.92 Å². The van der Waals surface area contributed by atoms with Crippen molar-refractivity contribution < 1.29 is 0 Å². The Balaban J connectivity index is 2.75. The lowest BCUT2D eigenvalue weighted by atomic mass is 9.99. The van der Waals surface area contributed by atoms with Crippen molar-refractivity contribution in [3.63, 3.8) is 0 Å². The van der Waals surface area contributed by atoms with Crippen molar-refractivity contribution in [3.8, 4) is 0 Å². The summed E-state index contributed by atoms with van der Waals surface area (Å²) in [5.74, 6) is 0.544. The van der Waals surface area contributed by atoms with E-state index in [1.54, 1.807) is 16.8 Å². The third-order valence-electron chi connectivity index (χ3n) is 2.88. The molecular formula is C11H19N3O. The molecule has 1 N–H and O–H groups in total. The molecule has 1 aromatic heterocycles. The SMILES string of the molecule is CCC(C)C(Cn1cccnc1=O)NC. The average Bonchev–Trinajstić information content (AvgIpc) is 2.27. The van der Waals surface area contributed by atoms with Gasteiger partial charge in [0.2, 0.25) is 0 Å². The van der Waals surface area contributed by atoms with Crippen LogP contribution < -0.4 is 11.0 Å². The molecule has 0 amide bonds. The highest BCUT2D eigenvalue weighted by atomic mass is 16.1. The lowest BCUT2D eigenvalue weighted by Gasteiger charge is -2.22. The Morgan fingerprint density at radius 3 is 2.87 bits per heavy atom. The fraction of sp³-hybridized carbons (Fsp3) is 0.636. The van der Waals surface area contributed by atoms with Crippen LogP contribution in [0.1, 0.15) is 20.3 Å². The van der Waals surface area contributed by atoms with Gasteiger partial charge in [-0.25, -0.2) is 9.78 Å². The van der Waals surface area contributed by atoms with Crippen molar-refractivity contribution in [2.45, 2.75) is 32.9 Å². The first-order chi connectivity index (χ1) is 7.19. The number of rotatable bonds is 5. The van der Waals surface area contributed by atoms with Crippen LogP contribution in [-0.2, 0) is 6.54 Å². The maximum absolute atomic E-state index is 11.4. The number of nitrogens with zero attached hydrogens (tertiary/aromatic N) is 2. The predicted molar refractivity (Wildman–Crippen MR) is 60.8 cm³/mol. The van der Waals surface area contributed by atoms with Gasteiger partial charge in [0, 0.05) is 25.0 Å². The quantitative estimate of drug-likeness (QED) is 0.783. The molecule has 0 aliphatic heterocycles. The number of hydrogen-bond acceptors (Lipinski definition) is 3. The molecule has 0 saturated heterocycles. The van der Waals surface area contributed by atoms with Gasteiger partial charge < -0.3 is 5.32 Å². The van der Waals surface area contributed by atoms with Crippen LogP contribution in [-0.4, -0.2) is 22.6 Å². The minimum atomic E-state index is -0.180. The Morgan fingerprint density at radius 2 is 2.33 bits per heavy atom. The molecule has 1 heterocycles. The summed E-state index contributed by atoms with van der Waals surface area (Å²) in [6.07, 6.45) is 4.40. The largest absolute Gasteiger partial charge is 0.347 e. The highest BCUT2D eigenvalue weighted by Crippen LogP contribution is 2.08. The minimum Gasteiger partial charge on any atom is -0.315 e. The Morgan fingerprint density at radius 1 is 1.60 bits per heavy atom. The van der Waals surface area contributed by atoms with Gasteiger partial charge in [0.1, 0.15) is 0 Å². The van der Waals surface area contributed by atoms with E-state index < -0.39 is 0 Å². The van der Waals surface area contributed by atoms with Gasteiger partial charge in [-0.15, -0.1) is 0 Å². The van der Waals surface area contributed by atoms with Crippen molar-refractivity contribution in [1.29, 1.82) is 0 Å². The molecule has 0 aromatic carbocycles. The predicted octanol–water partition coefficient (Wildman–Crippen LogP) is 0.877. The second-order valence-electron chi connectivity index (χ2n) is 3.84. The zero-order chi connectivity index (χ0) is 11.3. The number of nitrogens with one attached hydrogen (secondary N) is 1. The van der Waals surface area contributed by atoms with Crippen molar-refractivity contribution in [2.75, 3.05) is 7.05 Å². The fourth-order valence-corrected chi connectivity index (χ4v) is 1.58. The molecule has 84 valence electrons. The summed E-state index contributed by atoms with van der Waals surface area (Å²) in [6, 6.07) is 2.10. The lowest BCUT2D eigenvalue weighted by Crippen LogP contribution is -2.39. The lowest BCUT2D eigenvalue weighted by molar-refractivity contribution is 0.343. The molecule has 0 radical (unpaired) electrons. The van der Waals surface area contributed by atoms with E-state index in [9.17, 15) is 4.79 Å². The van der Waals surface area contributed by atoms with Crippen molar-refractivity contribution in [3.05, 3.63) is 28.9 Å². The zero-order valence-electron chi connectivity index (χ0n) is 9.60. The van der Waals surface area contributed by atoms with Crippen LogP contribution in [0.15, 0.2) is 23.3 Å². The molecule has 0 aliphatic carbocycles. The minimum absolute atomic E-state index is 0.180. The molecule has 0 aliphatic rings. The zero-order valence-corrected chi connectivity index (χ0v) is 9.60. The van der Waals surface area contributed by atoms with E-state index >= 15 is 0 Å². The molecule has 15 heavy (non-hydrogen) atoms. The molecule has 4 heteroatoms. The van der Waals surface area contributed by atoms with Crippen molar-refractivity contribution >= 4 is 0 Å². The highest BCUT2D eigenvalue weighted by molar-refractivity contribution is 4.83. The Labute approximate surface area is 90.3 Å². The Hall–Kier alpha value is -1.16. The van der Waals surface area contributed by atoms with Gasteiger partial charge in [0.15, 0.2) is 0 Å². The molecular weight excluding hydrogens is 190 g/mol. The maximum atomic E-state index is 11.4. The summed E-state index contributed by atoms with van der Waals surface area (Å²) >= 11 is 0. The average molecular weight is 209 g/mol. The topological polar surface area (TPSA) is 46.9 Å². The summed E-state index contributed by atoms with van der Waals surface area (Å²) in [4.78, 5) is 15.1. The van der Waals surface area contributed by atoms with Crippen LogP contribution in [0.2, 0.25) is 0 Å². The molecule has 4 nitrogen and oxygen atoms in total. The standard InChI is InChI=1S/C11H19N3O/c1-4-9(2)10(12-3)8-14-7-5-6-13-11(14)15/h5-7,9-10,12H,4,8H2,1-3H3. The van der Waals surface area contributed by atoms with E-state index in [1.807, 2.05) is 7.05 Å². The van der Waals surface area contributed by atoms with Crippen LogP contribution in [0.5, 0.6) is 0 Å². The number of hydrogen-bond donors (Lipinski definition) is 1.